The van der Waals surface area contributed by atoms with Crippen molar-refractivity contribution >= 4 is 40.5 Å². The highest BCUT2D eigenvalue weighted by atomic mass is 127. The largest absolute Gasteiger partial charge is 0.493 e. The van der Waals surface area contributed by atoms with Gasteiger partial charge in [0.05, 0.1) is 10.7 Å². The Morgan fingerprint density at radius 1 is 1.30 bits per heavy atom. The molecule has 0 saturated heterocycles. The van der Waals surface area contributed by atoms with Gasteiger partial charge in [0.1, 0.15) is 6.29 Å². The van der Waals surface area contributed by atoms with Crippen LogP contribution in [0.25, 0.3) is 0 Å². The van der Waals surface area contributed by atoms with Crippen molar-refractivity contribution in [3.8, 4) is 11.5 Å². The monoisotopic (exact) mass is 425 g/mol. The Labute approximate surface area is 148 Å². The van der Waals surface area contributed by atoms with E-state index >= 15 is 0 Å². The number of hydrogen-bond acceptors (Lipinski definition) is 4. The third kappa shape index (κ3) is 4.44. The maximum absolute atomic E-state index is 12.0. The molecule has 0 radical (unpaired) electrons. The second kappa shape index (κ2) is 7.96. The number of carbonyl (C=O) groups excluding carboxylic acids is 2. The molecule has 1 amide bonds. The van der Waals surface area contributed by atoms with Crippen LogP contribution in [0.3, 0.4) is 0 Å². The third-order valence-corrected chi connectivity index (χ3v) is 3.96. The number of halogens is 1. The highest BCUT2D eigenvalue weighted by molar-refractivity contribution is 14.1. The first-order valence-corrected chi connectivity index (χ1v) is 7.94. The summed E-state index contributed by atoms with van der Waals surface area (Å²) in [6.45, 7) is 1.77. The second-order valence-corrected chi connectivity index (χ2v) is 5.97. The first-order valence-electron chi connectivity index (χ1n) is 6.86. The van der Waals surface area contributed by atoms with E-state index in [4.69, 9.17) is 9.47 Å². The minimum atomic E-state index is -0.267. The average molecular weight is 425 g/mol. The highest BCUT2D eigenvalue weighted by Gasteiger charge is 2.13. The SMILES string of the molecule is COc1cc(C=O)cc(I)c1OCC(=O)Nc1ccccc1C. The lowest BCUT2D eigenvalue weighted by molar-refractivity contribution is -0.118. The van der Waals surface area contributed by atoms with Gasteiger partial charge in [0.2, 0.25) is 0 Å². The highest BCUT2D eigenvalue weighted by Crippen LogP contribution is 2.33. The van der Waals surface area contributed by atoms with Crippen molar-refractivity contribution in [2.75, 3.05) is 19.0 Å². The Hall–Kier alpha value is -2.09. The molecule has 0 atom stereocenters. The van der Waals surface area contributed by atoms with Gasteiger partial charge in [-0.2, -0.15) is 0 Å². The van der Waals surface area contributed by atoms with Gasteiger partial charge < -0.3 is 14.8 Å². The van der Waals surface area contributed by atoms with Crippen LogP contribution in [-0.2, 0) is 4.79 Å². The molecule has 6 heteroatoms. The van der Waals surface area contributed by atoms with Crippen LogP contribution in [0.5, 0.6) is 11.5 Å². The van der Waals surface area contributed by atoms with Crippen LogP contribution in [0, 0.1) is 10.5 Å². The summed E-state index contributed by atoms with van der Waals surface area (Å²) in [5, 5.41) is 2.80. The minimum absolute atomic E-state index is 0.152. The summed E-state index contributed by atoms with van der Waals surface area (Å²) >= 11 is 2.04. The maximum atomic E-state index is 12.0. The number of carbonyl (C=O) groups is 2. The Bertz CT molecular complexity index is 731. The Kier molecular flexibility index (Phi) is 5.97. The van der Waals surface area contributed by atoms with Gasteiger partial charge in [-0.15, -0.1) is 0 Å². The van der Waals surface area contributed by atoms with Crippen LogP contribution >= 0.6 is 22.6 Å². The Balaban J connectivity index is 2.07. The molecule has 2 aromatic carbocycles. The van der Waals surface area contributed by atoms with E-state index < -0.39 is 0 Å². The summed E-state index contributed by atoms with van der Waals surface area (Å²) in [6, 6.07) is 10.8. The van der Waals surface area contributed by atoms with Crippen molar-refractivity contribution in [1.82, 2.24) is 0 Å². The van der Waals surface area contributed by atoms with Crippen molar-refractivity contribution in [2.24, 2.45) is 0 Å². The number of methoxy groups -OCH3 is 1. The van der Waals surface area contributed by atoms with Gasteiger partial charge in [0, 0.05) is 11.3 Å². The van der Waals surface area contributed by atoms with Crippen LogP contribution in [0.15, 0.2) is 36.4 Å². The molecule has 0 fully saturated rings. The summed E-state index contributed by atoms with van der Waals surface area (Å²) in [5.74, 6) is 0.595. The van der Waals surface area contributed by atoms with E-state index in [9.17, 15) is 9.59 Å². The predicted octanol–water partition coefficient (Wildman–Crippen LogP) is 3.44. The number of aryl methyl sites for hydroxylation is 1. The van der Waals surface area contributed by atoms with E-state index in [2.05, 4.69) is 5.32 Å². The fourth-order valence-corrected chi connectivity index (χ4v) is 2.77. The van der Waals surface area contributed by atoms with Crippen molar-refractivity contribution in [1.29, 1.82) is 0 Å². The molecule has 0 aromatic heterocycles. The van der Waals surface area contributed by atoms with Gasteiger partial charge in [-0.05, 0) is 53.3 Å². The van der Waals surface area contributed by atoms with Gasteiger partial charge in [-0.3, -0.25) is 9.59 Å². The molecule has 0 heterocycles. The minimum Gasteiger partial charge on any atom is -0.493 e. The zero-order valence-electron chi connectivity index (χ0n) is 12.8. The van der Waals surface area contributed by atoms with Crippen LogP contribution in [0.4, 0.5) is 5.69 Å². The van der Waals surface area contributed by atoms with E-state index in [0.29, 0.717) is 20.6 Å². The molecule has 0 saturated carbocycles. The van der Waals surface area contributed by atoms with Crippen LogP contribution in [0.2, 0.25) is 0 Å². The third-order valence-electron chi connectivity index (χ3n) is 3.15. The quantitative estimate of drug-likeness (QED) is 0.569. The lowest BCUT2D eigenvalue weighted by Gasteiger charge is -2.13. The van der Waals surface area contributed by atoms with Crippen LogP contribution < -0.4 is 14.8 Å². The van der Waals surface area contributed by atoms with Gasteiger partial charge in [0.25, 0.3) is 5.91 Å². The van der Waals surface area contributed by atoms with E-state index in [1.807, 2.05) is 53.8 Å². The normalized spacial score (nSPS) is 10.0. The van der Waals surface area contributed by atoms with Gasteiger partial charge in [0.15, 0.2) is 18.1 Å². The Morgan fingerprint density at radius 2 is 2.04 bits per heavy atom. The van der Waals surface area contributed by atoms with E-state index in [1.54, 1.807) is 12.1 Å². The molecule has 2 rings (SSSR count). The van der Waals surface area contributed by atoms with Crippen molar-refractivity contribution in [3.63, 3.8) is 0 Å². The molecule has 120 valence electrons. The fraction of sp³-hybridized carbons (Fsp3) is 0.176. The summed E-state index contributed by atoms with van der Waals surface area (Å²) in [5.41, 5.74) is 2.21. The van der Waals surface area contributed by atoms with Crippen LogP contribution in [0.1, 0.15) is 15.9 Å². The number of aldehydes is 1. The number of anilines is 1. The molecule has 0 aliphatic rings. The molecule has 2 aromatic rings. The van der Waals surface area contributed by atoms with Crippen LogP contribution in [-0.4, -0.2) is 25.9 Å². The molecule has 0 spiro atoms. The molecular formula is C17H16INO4. The number of amides is 1. The molecule has 1 N–H and O–H groups in total. The Morgan fingerprint density at radius 3 is 2.70 bits per heavy atom. The van der Waals surface area contributed by atoms with Crippen molar-refractivity contribution in [3.05, 3.63) is 51.1 Å². The standard InChI is InChI=1S/C17H16INO4/c1-11-5-3-4-6-14(11)19-16(21)10-23-17-13(18)7-12(9-20)8-15(17)22-2/h3-9H,10H2,1-2H3,(H,19,21). The van der Waals surface area contributed by atoms with Gasteiger partial charge in [-0.1, -0.05) is 18.2 Å². The summed E-state index contributed by atoms with van der Waals surface area (Å²) in [6.07, 6.45) is 0.735. The maximum Gasteiger partial charge on any atom is 0.262 e. The van der Waals surface area contributed by atoms with E-state index in [0.717, 1.165) is 17.5 Å². The summed E-state index contributed by atoms with van der Waals surface area (Å²) in [4.78, 5) is 22.9. The lowest BCUT2D eigenvalue weighted by Crippen LogP contribution is -2.21. The molecule has 0 bridgehead atoms. The summed E-state index contributed by atoms with van der Waals surface area (Å²) in [7, 11) is 1.49. The number of hydrogen-bond donors (Lipinski definition) is 1. The van der Waals surface area contributed by atoms with Crippen molar-refractivity contribution < 1.29 is 19.1 Å². The first-order chi connectivity index (χ1) is 11.0. The molecule has 0 unspecified atom stereocenters. The number of rotatable bonds is 6. The predicted molar refractivity (Wildman–Crippen MR) is 96.4 cm³/mol. The molecule has 0 aliphatic carbocycles. The zero-order chi connectivity index (χ0) is 16.8. The first kappa shape index (κ1) is 17.3. The molecule has 23 heavy (non-hydrogen) atoms. The number of para-hydroxylation sites is 1. The number of nitrogens with one attached hydrogen (secondary N) is 1. The second-order valence-electron chi connectivity index (χ2n) is 4.80. The average Bonchev–Trinajstić information content (AvgIpc) is 2.55. The van der Waals surface area contributed by atoms with Crippen molar-refractivity contribution in [2.45, 2.75) is 6.92 Å². The smallest absolute Gasteiger partial charge is 0.262 e. The van der Waals surface area contributed by atoms with Gasteiger partial charge >= 0.3 is 0 Å². The topological polar surface area (TPSA) is 64.6 Å². The zero-order valence-corrected chi connectivity index (χ0v) is 14.9. The van der Waals surface area contributed by atoms with Gasteiger partial charge in [-0.25, -0.2) is 0 Å². The number of ether oxygens (including phenoxy) is 2. The molecule has 5 nitrogen and oxygen atoms in total. The molecular weight excluding hydrogens is 409 g/mol. The van der Waals surface area contributed by atoms with E-state index in [1.165, 1.54) is 7.11 Å². The fourth-order valence-electron chi connectivity index (χ4n) is 1.99. The molecule has 0 aliphatic heterocycles. The summed E-state index contributed by atoms with van der Waals surface area (Å²) < 4.78 is 11.5. The lowest BCUT2D eigenvalue weighted by atomic mass is 10.2. The number of benzene rings is 2. The van der Waals surface area contributed by atoms with E-state index in [-0.39, 0.29) is 12.5 Å².